The van der Waals surface area contributed by atoms with Gasteiger partial charge in [0.1, 0.15) is 0 Å². The van der Waals surface area contributed by atoms with E-state index in [9.17, 15) is 8.42 Å². The largest absolute Gasteiger partial charge is 0.313 e. The van der Waals surface area contributed by atoms with Crippen LogP contribution in [0.3, 0.4) is 0 Å². The van der Waals surface area contributed by atoms with Crippen LogP contribution in [0.5, 0.6) is 0 Å². The fourth-order valence-electron chi connectivity index (χ4n) is 2.15. The first kappa shape index (κ1) is 14.9. The molecule has 0 saturated carbocycles. The van der Waals surface area contributed by atoms with Gasteiger partial charge in [0.25, 0.3) is 0 Å². The van der Waals surface area contributed by atoms with E-state index in [2.05, 4.69) is 17.1 Å². The summed E-state index contributed by atoms with van der Waals surface area (Å²) in [6.07, 6.45) is 3.52. The molecule has 0 aromatic carbocycles. The SMILES string of the molecule is CCC1CN(CC(C)(C)S(C)(=O)=O)CCCN1. The van der Waals surface area contributed by atoms with Crippen LogP contribution in [-0.2, 0) is 9.84 Å². The van der Waals surface area contributed by atoms with E-state index in [0.717, 1.165) is 32.5 Å². The summed E-state index contributed by atoms with van der Waals surface area (Å²) >= 11 is 0. The van der Waals surface area contributed by atoms with Gasteiger partial charge in [-0.25, -0.2) is 8.42 Å². The van der Waals surface area contributed by atoms with Gasteiger partial charge in [-0.15, -0.1) is 0 Å². The molecule has 0 aliphatic carbocycles. The van der Waals surface area contributed by atoms with Crippen molar-refractivity contribution in [2.45, 2.75) is 44.4 Å². The monoisotopic (exact) mass is 262 g/mol. The highest BCUT2D eigenvalue weighted by Gasteiger charge is 2.33. The Morgan fingerprint density at radius 2 is 2.06 bits per heavy atom. The van der Waals surface area contributed by atoms with Crippen LogP contribution in [0, 0.1) is 0 Å². The predicted molar refractivity (Wildman–Crippen MR) is 72.1 cm³/mol. The molecule has 4 nitrogen and oxygen atoms in total. The van der Waals surface area contributed by atoms with Crippen molar-refractivity contribution >= 4 is 9.84 Å². The van der Waals surface area contributed by atoms with Crippen LogP contribution in [-0.4, -0.2) is 56.5 Å². The van der Waals surface area contributed by atoms with Crippen LogP contribution in [0.4, 0.5) is 0 Å². The zero-order chi connectivity index (χ0) is 13.1. The molecule has 0 radical (unpaired) electrons. The van der Waals surface area contributed by atoms with Crippen LogP contribution < -0.4 is 5.32 Å². The van der Waals surface area contributed by atoms with Crippen LogP contribution >= 0.6 is 0 Å². The van der Waals surface area contributed by atoms with Crippen molar-refractivity contribution in [3.8, 4) is 0 Å². The third-order valence-electron chi connectivity index (χ3n) is 3.66. The number of hydrogen-bond donors (Lipinski definition) is 1. The fourth-order valence-corrected chi connectivity index (χ4v) is 2.57. The van der Waals surface area contributed by atoms with Crippen molar-refractivity contribution < 1.29 is 8.42 Å². The molecule has 0 bridgehead atoms. The van der Waals surface area contributed by atoms with Crippen molar-refractivity contribution in [2.75, 3.05) is 32.4 Å². The Balaban J connectivity index is 2.66. The smallest absolute Gasteiger partial charge is 0.153 e. The molecule has 1 rings (SSSR count). The molecule has 5 heteroatoms. The zero-order valence-corrected chi connectivity index (χ0v) is 12.3. The van der Waals surface area contributed by atoms with Gasteiger partial charge in [0.2, 0.25) is 0 Å². The van der Waals surface area contributed by atoms with Crippen LogP contribution in [0.25, 0.3) is 0 Å². The number of nitrogens with zero attached hydrogens (tertiary/aromatic N) is 1. The Bertz CT molecular complexity index is 338. The maximum atomic E-state index is 11.7. The minimum Gasteiger partial charge on any atom is -0.313 e. The Kier molecular flexibility index (Phi) is 4.98. The lowest BCUT2D eigenvalue weighted by Gasteiger charge is -2.31. The molecule has 1 saturated heterocycles. The molecular formula is C12H26N2O2S. The molecule has 1 atom stereocenters. The van der Waals surface area contributed by atoms with Gasteiger partial charge in [0.15, 0.2) is 9.84 Å². The van der Waals surface area contributed by atoms with Gasteiger partial charge in [-0.1, -0.05) is 6.92 Å². The predicted octanol–water partition coefficient (Wildman–Crippen LogP) is 0.884. The Morgan fingerprint density at radius 3 is 2.59 bits per heavy atom. The van der Waals surface area contributed by atoms with E-state index >= 15 is 0 Å². The quantitative estimate of drug-likeness (QED) is 0.817. The first-order chi connectivity index (χ1) is 7.76. The number of nitrogens with one attached hydrogen (secondary N) is 1. The molecule has 1 heterocycles. The number of hydrogen-bond acceptors (Lipinski definition) is 4. The number of rotatable bonds is 4. The molecule has 0 aromatic heterocycles. The van der Waals surface area contributed by atoms with E-state index < -0.39 is 14.6 Å². The third-order valence-corrected chi connectivity index (χ3v) is 5.80. The van der Waals surface area contributed by atoms with E-state index in [1.807, 2.05) is 13.8 Å². The lowest BCUT2D eigenvalue weighted by atomic mass is 10.1. The molecule has 1 aliphatic heterocycles. The molecule has 0 aromatic rings. The summed E-state index contributed by atoms with van der Waals surface area (Å²) in [5.41, 5.74) is 0. The van der Waals surface area contributed by atoms with Gasteiger partial charge in [-0.3, -0.25) is 0 Å². The lowest BCUT2D eigenvalue weighted by Crippen LogP contribution is -2.47. The highest BCUT2D eigenvalue weighted by molar-refractivity contribution is 7.92. The van der Waals surface area contributed by atoms with Gasteiger partial charge >= 0.3 is 0 Å². The summed E-state index contributed by atoms with van der Waals surface area (Å²) in [6.45, 7) is 9.42. The highest BCUT2D eigenvalue weighted by atomic mass is 32.2. The third kappa shape index (κ3) is 4.23. The fraction of sp³-hybridized carbons (Fsp3) is 1.00. The van der Waals surface area contributed by atoms with Crippen molar-refractivity contribution in [3.63, 3.8) is 0 Å². The maximum Gasteiger partial charge on any atom is 0.153 e. The molecule has 1 aliphatic rings. The first-order valence-corrected chi connectivity index (χ1v) is 8.31. The van der Waals surface area contributed by atoms with Crippen LogP contribution in [0.1, 0.15) is 33.6 Å². The Labute approximate surface area is 106 Å². The van der Waals surface area contributed by atoms with Crippen LogP contribution in [0.2, 0.25) is 0 Å². The summed E-state index contributed by atoms with van der Waals surface area (Å²) < 4.78 is 22.8. The summed E-state index contributed by atoms with van der Waals surface area (Å²) in [5, 5.41) is 3.49. The molecule has 1 unspecified atom stereocenters. The summed E-state index contributed by atoms with van der Waals surface area (Å²) in [5.74, 6) is 0. The average Bonchev–Trinajstić information content (AvgIpc) is 2.40. The van der Waals surface area contributed by atoms with Crippen molar-refractivity contribution in [3.05, 3.63) is 0 Å². The molecule has 1 N–H and O–H groups in total. The van der Waals surface area contributed by atoms with E-state index in [4.69, 9.17) is 0 Å². The minimum atomic E-state index is -3.00. The van der Waals surface area contributed by atoms with E-state index in [1.54, 1.807) is 0 Å². The second kappa shape index (κ2) is 5.67. The molecule has 17 heavy (non-hydrogen) atoms. The van der Waals surface area contributed by atoms with Gasteiger partial charge in [0, 0.05) is 25.4 Å². The van der Waals surface area contributed by atoms with Crippen LogP contribution in [0.15, 0.2) is 0 Å². The van der Waals surface area contributed by atoms with E-state index in [-0.39, 0.29) is 0 Å². The van der Waals surface area contributed by atoms with Gasteiger partial charge in [-0.2, -0.15) is 0 Å². The Hall–Kier alpha value is -0.130. The minimum absolute atomic E-state index is 0.493. The van der Waals surface area contributed by atoms with Crippen molar-refractivity contribution in [1.82, 2.24) is 10.2 Å². The van der Waals surface area contributed by atoms with Gasteiger partial charge in [0.05, 0.1) is 4.75 Å². The summed E-state index contributed by atoms with van der Waals surface area (Å²) in [7, 11) is -3.00. The lowest BCUT2D eigenvalue weighted by molar-refractivity contribution is 0.245. The topological polar surface area (TPSA) is 49.4 Å². The standard InChI is InChI=1S/C12H26N2O2S/c1-5-11-9-14(8-6-7-13-11)10-12(2,3)17(4,15)16/h11,13H,5-10H2,1-4H3. The van der Waals surface area contributed by atoms with Crippen molar-refractivity contribution in [1.29, 1.82) is 0 Å². The molecule has 0 amide bonds. The van der Waals surface area contributed by atoms with E-state index in [0.29, 0.717) is 12.6 Å². The first-order valence-electron chi connectivity index (χ1n) is 6.41. The van der Waals surface area contributed by atoms with Gasteiger partial charge in [-0.05, 0) is 39.8 Å². The molecule has 1 fully saturated rings. The van der Waals surface area contributed by atoms with Crippen molar-refractivity contribution in [2.24, 2.45) is 0 Å². The summed E-state index contributed by atoms with van der Waals surface area (Å²) in [6, 6.07) is 0.493. The molecule has 0 spiro atoms. The van der Waals surface area contributed by atoms with Gasteiger partial charge < -0.3 is 10.2 Å². The second-order valence-corrected chi connectivity index (χ2v) is 8.33. The zero-order valence-electron chi connectivity index (χ0n) is 11.5. The number of sulfone groups is 1. The van der Waals surface area contributed by atoms with E-state index in [1.165, 1.54) is 6.26 Å². The summed E-state index contributed by atoms with van der Waals surface area (Å²) in [4.78, 5) is 2.29. The molecular weight excluding hydrogens is 236 g/mol. The maximum absolute atomic E-state index is 11.7. The second-order valence-electron chi connectivity index (χ2n) is 5.68. The molecule has 102 valence electrons. The average molecular weight is 262 g/mol. The Morgan fingerprint density at radius 1 is 1.41 bits per heavy atom. The highest BCUT2D eigenvalue weighted by Crippen LogP contribution is 2.18. The normalized spacial score (nSPS) is 24.6.